The lowest BCUT2D eigenvalue weighted by Gasteiger charge is -2.37. The van der Waals surface area contributed by atoms with Crippen molar-refractivity contribution in [1.82, 2.24) is 19.7 Å². The molecule has 1 aliphatic heterocycles. The monoisotopic (exact) mass is 369 g/mol. The van der Waals surface area contributed by atoms with Crippen LogP contribution >= 0.6 is 0 Å². The number of anilines is 1. The number of para-hydroxylation sites is 1. The molecular weight excluding hydrogens is 346 g/mol. The van der Waals surface area contributed by atoms with E-state index in [1.54, 1.807) is 9.58 Å². The summed E-state index contributed by atoms with van der Waals surface area (Å²) in [5, 5.41) is 17.4. The van der Waals surface area contributed by atoms with E-state index in [0.29, 0.717) is 37.4 Å². The minimum atomic E-state index is -0.890. The number of benzene rings is 1. The lowest BCUT2D eigenvalue weighted by molar-refractivity contribution is -0.142. The van der Waals surface area contributed by atoms with E-state index in [1.807, 2.05) is 30.3 Å². The summed E-state index contributed by atoms with van der Waals surface area (Å²) in [6.45, 7) is 0.935. The number of hydrogen-bond acceptors (Lipinski definition) is 5. The lowest BCUT2D eigenvalue weighted by atomic mass is 9.77. The van der Waals surface area contributed by atoms with Gasteiger partial charge < -0.3 is 15.3 Å². The number of nitrogens with one attached hydrogen (secondary N) is 1. The van der Waals surface area contributed by atoms with Gasteiger partial charge in [0, 0.05) is 12.2 Å². The Morgan fingerprint density at radius 2 is 2.00 bits per heavy atom. The van der Waals surface area contributed by atoms with E-state index < -0.39 is 11.5 Å². The molecule has 2 aromatic rings. The molecule has 0 saturated heterocycles. The third-order valence-electron chi connectivity index (χ3n) is 5.39. The molecule has 8 heteroatoms. The van der Waals surface area contributed by atoms with Crippen molar-refractivity contribution in [3.8, 4) is 0 Å². The number of nitrogens with zero attached hydrogens (tertiary/aromatic N) is 4. The van der Waals surface area contributed by atoms with E-state index in [-0.39, 0.29) is 24.8 Å². The fraction of sp³-hybridized carbons (Fsp3) is 0.474. The molecule has 1 saturated carbocycles. The predicted molar refractivity (Wildman–Crippen MR) is 97.4 cm³/mol. The van der Waals surface area contributed by atoms with Crippen molar-refractivity contribution >= 4 is 17.5 Å². The Balaban J connectivity index is 1.51. The van der Waals surface area contributed by atoms with Crippen LogP contribution < -0.4 is 5.32 Å². The summed E-state index contributed by atoms with van der Waals surface area (Å²) < 4.78 is 1.68. The fourth-order valence-electron chi connectivity index (χ4n) is 3.61. The Morgan fingerprint density at radius 1 is 1.22 bits per heavy atom. The first-order valence-corrected chi connectivity index (χ1v) is 9.25. The number of fused-ring (bicyclic) bond motifs is 1. The normalized spacial score (nSPS) is 20.9. The van der Waals surface area contributed by atoms with Gasteiger partial charge in [-0.15, -0.1) is 0 Å². The summed E-state index contributed by atoms with van der Waals surface area (Å²) in [6.07, 6.45) is 3.78. The average molecular weight is 369 g/mol. The standard InChI is InChI=1S/C19H23N5O3/c25-17(9-19(27)7-4-8-19)23-10-14(11-24-16(12-23)20-13-21-24)18(26)22-15-5-2-1-3-6-15/h1-3,5-6,13-14,27H,4,7-12H2,(H,22,26). The highest BCUT2D eigenvalue weighted by molar-refractivity contribution is 5.93. The van der Waals surface area contributed by atoms with Crippen LogP contribution in [0.15, 0.2) is 36.7 Å². The van der Waals surface area contributed by atoms with Crippen molar-refractivity contribution in [2.45, 2.75) is 44.4 Å². The highest BCUT2D eigenvalue weighted by atomic mass is 16.3. The Kier molecular flexibility index (Phi) is 4.65. The maximum atomic E-state index is 12.8. The van der Waals surface area contributed by atoms with Gasteiger partial charge in [-0.2, -0.15) is 5.10 Å². The van der Waals surface area contributed by atoms with Crippen LogP contribution in [0, 0.1) is 5.92 Å². The first-order chi connectivity index (χ1) is 13.0. The number of aromatic nitrogens is 3. The van der Waals surface area contributed by atoms with Crippen LogP contribution in [-0.2, 0) is 22.7 Å². The molecule has 27 heavy (non-hydrogen) atoms. The molecule has 0 bridgehead atoms. The van der Waals surface area contributed by atoms with Gasteiger partial charge in [0.2, 0.25) is 11.8 Å². The Labute approximate surface area is 157 Å². The van der Waals surface area contributed by atoms with Crippen molar-refractivity contribution < 1.29 is 14.7 Å². The number of carbonyl (C=O) groups is 2. The van der Waals surface area contributed by atoms with Crippen molar-refractivity contribution in [2.24, 2.45) is 5.92 Å². The molecule has 1 aromatic carbocycles. The quantitative estimate of drug-likeness (QED) is 0.843. The van der Waals surface area contributed by atoms with Gasteiger partial charge in [0.05, 0.1) is 31.0 Å². The second-order valence-corrected chi connectivity index (χ2v) is 7.44. The summed E-state index contributed by atoms with van der Waals surface area (Å²) in [5.41, 5.74) is -0.175. The SMILES string of the molecule is O=C(Nc1ccccc1)C1CN(C(=O)CC2(O)CCC2)Cc2ncnn2C1. The van der Waals surface area contributed by atoms with Gasteiger partial charge in [-0.1, -0.05) is 18.2 Å². The third kappa shape index (κ3) is 3.85. The van der Waals surface area contributed by atoms with Crippen LogP contribution in [0.2, 0.25) is 0 Å². The molecule has 0 radical (unpaired) electrons. The van der Waals surface area contributed by atoms with Crippen molar-refractivity contribution in [1.29, 1.82) is 0 Å². The van der Waals surface area contributed by atoms with E-state index in [1.165, 1.54) is 6.33 Å². The van der Waals surface area contributed by atoms with Gasteiger partial charge in [-0.05, 0) is 31.4 Å². The highest BCUT2D eigenvalue weighted by Gasteiger charge is 2.39. The molecule has 2 aliphatic rings. The maximum Gasteiger partial charge on any atom is 0.231 e. The van der Waals surface area contributed by atoms with E-state index >= 15 is 0 Å². The Hall–Kier alpha value is -2.74. The van der Waals surface area contributed by atoms with Crippen LogP contribution in [0.25, 0.3) is 0 Å². The van der Waals surface area contributed by atoms with Crippen LogP contribution in [0.4, 0.5) is 5.69 Å². The summed E-state index contributed by atoms with van der Waals surface area (Å²) in [5.74, 6) is -0.108. The van der Waals surface area contributed by atoms with Crippen LogP contribution in [0.1, 0.15) is 31.5 Å². The molecule has 4 rings (SSSR count). The zero-order chi connectivity index (χ0) is 18.9. The zero-order valence-corrected chi connectivity index (χ0v) is 15.0. The number of amides is 2. The second-order valence-electron chi connectivity index (χ2n) is 7.44. The minimum absolute atomic E-state index is 0.0914. The highest BCUT2D eigenvalue weighted by Crippen LogP contribution is 2.35. The van der Waals surface area contributed by atoms with Crippen molar-refractivity contribution in [3.63, 3.8) is 0 Å². The molecular formula is C19H23N5O3. The summed E-state index contributed by atoms with van der Waals surface area (Å²) >= 11 is 0. The summed E-state index contributed by atoms with van der Waals surface area (Å²) in [4.78, 5) is 31.5. The van der Waals surface area contributed by atoms with E-state index in [4.69, 9.17) is 0 Å². The van der Waals surface area contributed by atoms with E-state index in [0.717, 1.165) is 6.42 Å². The summed E-state index contributed by atoms with van der Waals surface area (Å²) in [6, 6.07) is 9.24. The molecule has 8 nitrogen and oxygen atoms in total. The number of rotatable bonds is 4. The predicted octanol–water partition coefficient (Wildman–Crippen LogP) is 1.18. The number of aliphatic hydroxyl groups is 1. The largest absolute Gasteiger partial charge is 0.389 e. The van der Waals surface area contributed by atoms with Crippen molar-refractivity contribution in [3.05, 3.63) is 42.5 Å². The van der Waals surface area contributed by atoms with Gasteiger partial charge in [0.1, 0.15) is 12.2 Å². The van der Waals surface area contributed by atoms with Gasteiger partial charge in [-0.3, -0.25) is 9.59 Å². The topological polar surface area (TPSA) is 100 Å². The van der Waals surface area contributed by atoms with Gasteiger partial charge in [0.15, 0.2) is 0 Å². The number of carbonyl (C=O) groups excluding carboxylic acids is 2. The van der Waals surface area contributed by atoms with Crippen LogP contribution in [0.5, 0.6) is 0 Å². The van der Waals surface area contributed by atoms with Crippen LogP contribution in [0.3, 0.4) is 0 Å². The molecule has 1 aliphatic carbocycles. The molecule has 1 unspecified atom stereocenters. The fourth-order valence-corrected chi connectivity index (χ4v) is 3.61. The molecule has 1 aromatic heterocycles. The zero-order valence-electron chi connectivity index (χ0n) is 15.0. The number of hydrogen-bond donors (Lipinski definition) is 2. The first-order valence-electron chi connectivity index (χ1n) is 9.25. The molecule has 142 valence electrons. The van der Waals surface area contributed by atoms with Gasteiger partial charge in [0.25, 0.3) is 0 Å². The minimum Gasteiger partial charge on any atom is -0.389 e. The second kappa shape index (κ2) is 7.11. The Bertz CT molecular complexity index is 831. The lowest BCUT2D eigenvalue weighted by Crippen LogP contribution is -2.45. The summed E-state index contributed by atoms with van der Waals surface area (Å²) in [7, 11) is 0. The molecule has 2 N–H and O–H groups in total. The molecule has 1 fully saturated rings. The molecule has 2 amide bonds. The third-order valence-corrected chi connectivity index (χ3v) is 5.39. The van der Waals surface area contributed by atoms with Crippen molar-refractivity contribution in [2.75, 3.05) is 11.9 Å². The Morgan fingerprint density at radius 3 is 2.70 bits per heavy atom. The van der Waals surface area contributed by atoms with Crippen LogP contribution in [-0.4, -0.2) is 48.7 Å². The maximum absolute atomic E-state index is 12.8. The molecule has 2 heterocycles. The first kappa shape index (κ1) is 17.7. The van der Waals surface area contributed by atoms with E-state index in [2.05, 4.69) is 15.4 Å². The van der Waals surface area contributed by atoms with E-state index in [9.17, 15) is 14.7 Å². The molecule has 0 spiro atoms. The van der Waals surface area contributed by atoms with Gasteiger partial charge in [-0.25, -0.2) is 9.67 Å². The average Bonchev–Trinajstić information content (AvgIpc) is 2.98. The smallest absolute Gasteiger partial charge is 0.231 e. The molecule has 1 atom stereocenters. The van der Waals surface area contributed by atoms with Gasteiger partial charge >= 0.3 is 0 Å².